The van der Waals surface area contributed by atoms with E-state index in [-0.39, 0.29) is 46.3 Å². The van der Waals surface area contributed by atoms with Crippen molar-refractivity contribution in [3.05, 3.63) is 0 Å². The first kappa shape index (κ1) is 22.6. The summed E-state index contributed by atoms with van der Waals surface area (Å²) in [6.07, 6.45) is 0. The van der Waals surface area contributed by atoms with E-state index < -0.39 is 8.80 Å². The Labute approximate surface area is 143 Å². The Morgan fingerprint density at radius 2 is 0.773 bits per heavy atom. The summed E-state index contributed by atoms with van der Waals surface area (Å²) >= 11 is 0. The van der Waals surface area contributed by atoms with Gasteiger partial charge in [0.2, 0.25) is 0 Å². The average Bonchev–Trinajstić information content (AvgIpc) is 2.56. The third-order valence-electron chi connectivity index (χ3n) is 4.01. The Kier molecular flexibility index (Phi) is 15.6. The predicted molar refractivity (Wildman–Crippen MR) is 101 cm³/mol. The molecule has 0 amide bonds. The van der Waals surface area contributed by atoms with E-state index in [4.69, 9.17) is 28.4 Å². The van der Waals surface area contributed by atoms with Gasteiger partial charge in [-0.1, -0.05) is 17.0 Å². The van der Waals surface area contributed by atoms with Gasteiger partial charge in [-0.3, -0.25) is 0 Å². The minimum absolute atomic E-state index is 0.0552. The quantitative estimate of drug-likeness (QED) is 0.248. The van der Waals surface area contributed by atoms with E-state index in [2.05, 4.69) is 0 Å². The van der Waals surface area contributed by atoms with Gasteiger partial charge in [0.25, 0.3) is 0 Å². The van der Waals surface area contributed by atoms with E-state index in [0.717, 1.165) is 0 Å². The maximum Gasteiger partial charge on any atom is 0.133 e. The average molecular weight is 387 g/mol. The van der Waals surface area contributed by atoms with Crippen molar-refractivity contribution in [2.75, 3.05) is 42.7 Å². The summed E-state index contributed by atoms with van der Waals surface area (Å²) < 4.78 is 32.2. The lowest BCUT2D eigenvalue weighted by Gasteiger charge is -2.21. The van der Waals surface area contributed by atoms with Gasteiger partial charge in [0, 0.05) is 51.5 Å². The molecule has 0 aromatic heterocycles. The highest BCUT2D eigenvalue weighted by Gasteiger charge is 2.19. The molecule has 22 heavy (non-hydrogen) atoms. The van der Waals surface area contributed by atoms with Gasteiger partial charge in [-0.25, -0.2) is 0 Å². The molecular formula is C12H34O6Si4. The molecule has 0 spiro atoms. The maximum absolute atomic E-state index is 5.37. The fourth-order valence-corrected chi connectivity index (χ4v) is 24.1. The molecule has 0 aromatic rings. The molecule has 0 rings (SSSR count). The zero-order valence-corrected chi connectivity index (χ0v) is 20.4. The molecule has 0 atom stereocenters. The van der Waals surface area contributed by atoms with Gasteiger partial charge in [0.05, 0.1) is 28.6 Å². The smallest absolute Gasteiger partial charge is 0.133 e. The Balaban J connectivity index is 4.34. The lowest BCUT2D eigenvalue weighted by Crippen LogP contribution is -2.34. The lowest BCUT2D eigenvalue weighted by atomic mass is 11.3. The van der Waals surface area contributed by atoms with E-state index in [9.17, 15) is 0 Å². The summed E-state index contributed by atoms with van der Waals surface area (Å²) in [6, 6.07) is 0. The number of hydrogen-bond acceptors (Lipinski definition) is 6. The van der Waals surface area contributed by atoms with Crippen LogP contribution in [0.3, 0.4) is 0 Å². The topological polar surface area (TPSA) is 55.4 Å². The van der Waals surface area contributed by atoms with Crippen LogP contribution in [-0.4, -0.2) is 97.8 Å². The summed E-state index contributed by atoms with van der Waals surface area (Å²) in [5.74, 6) is 0.166. The first-order valence-corrected chi connectivity index (χ1v) is 15.7. The molecule has 0 fully saturated rings. The second-order valence-corrected chi connectivity index (χ2v) is 17.7. The molecule has 0 aliphatic carbocycles. The molecule has 0 bridgehead atoms. The zero-order chi connectivity index (χ0) is 16.8. The molecule has 0 aliphatic rings. The molecule has 0 saturated carbocycles. The van der Waals surface area contributed by atoms with Crippen LogP contribution in [-0.2, 0) is 28.4 Å². The third-order valence-corrected chi connectivity index (χ3v) is 21.2. The van der Waals surface area contributed by atoms with Crippen LogP contribution >= 0.6 is 0 Å². The maximum atomic E-state index is 5.37. The highest BCUT2D eigenvalue weighted by atomic mass is 28.4. The van der Waals surface area contributed by atoms with Crippen molar-refractivity contribution in [2.24, 2.45) is 0 Å². The van der Waals surface area contributed by atoms with Gasteiger partial charge >= 0.3 is 0 Å². The van der Waals surface area contributed by atoms with Gasteiger partial charge in [0.1, 0.15) is 17.7 Å². The van der Waals surface area contributed by atoms with Crippen LogP contribution in [0.15, 0.2) is 0 Å². The molecule has 0 aromatic carbocycles. The number of hydrogen-bond donors (Lipinski definition) is 0. The first-order chi connectivity index (χ1) is 10.6. The predicted octanol–water partition coefficient (Wildman–Crippen LogP) is -1.68. The Morgan fingerprint density at radius 3 is 0.955 bits per heavy atom. The minimum Gasteiger partial charge on any atom is -0.360 e. The van der Waals surface area contributed by atoms with E-state index in [1.165, 1.54) is 17.0 Å². The van der Waals surface area contributed by atoms with Gasteiger partial charge in [-0.2, -0.15) is 0 Å². The fourth-order valence-electron chi connectivity index (χ4n) is 2.54. The number of rotatable bonds is 15. The van der Waals surface area contributed by atoms with Crippen LogP contribution in [0.2, 0.25) is 17.0 Å². The van der Waals surface area contributed by atoms with Gasteiger partial charge in [-0.05, 0) is 0 Å². The van der Waals surface area contributed by atoms with Gasteiger partial charge in [-0.15, -0.1) is 0 Å². The van der Waals surface area contributed by atoms with Crippen molar-refractivity contribution in [2.45, 2.75) is 34.7 Å². The Bertz CT molecular complexity index is 202. The molecule has 6 nitrogen and oxygen atoms in total. The second kappa shape index (κ2) is 15.2. The molecule has 0 unspecified atom stereocenters. The number of ether oxygens (including phenoxy) is 6. The van der Waals surface area contributed by atoms with E-state index in [0.29, 0.717) is 0 Å². The monoisotopic (exact) mass is 386 g/mol. The molecular weight excluding hydrogens is 352 g/mol. The summed E-state index contributed by atoms with van der Waals surface area (Å²) in [4.78, 5) is 0. The lowest BCUT2D eigenvalue weighted by molar-refractivity contribution is -0.0439. The Morgan fingerprint density at radius 1 is 0.545 bits per heavy atom. The highest BCUT2D eigenvalue weighted by Crippen LogP contribution is 2.09. The van der Waals surface area contributed by atoms with Crippen molar-refractivity contribution >= 4 is 37.4 Å². The van der Waals surface area contributed by atoms with E-state index >= 15 is 0 Å². The summed E-state index contributed by atoms with van der Waals surface area (Å²) in [6.45, 7) is 0. The van der Waals surface area contributed by atoms with Crippen molar-refractivity contribution in [1.29, 1.82) is 0 Å². The first-order valence-electron chi connectivity index (χ1n) is 7.81. The van der Waals surface area contributed by atoms with Crippen molar-refractivity contribution in [3.8, 4) is 0 Å². The molecule has 0 saturated heterocycles. The third kappa shape index (κ3) is 10.4. The standard InChI is InChI=1S/C12H34O6Si4/c1-13-10(14-2)19-7-22(8-20-11(15-3)16-4)9-21-12(17-5)18-6/h10-12,22H,7-9,19-21H2,1-6H3. The summed E-state index contributed by atoms with van der Waals surface area (Å²) in [7, 11) is 8.61. The molecule has 0 aliphatic heterocycles. The van der Waals surface area contributed by atoms with Gasteiger partial charge < -0.3 is 28.4 Å². The van der Waals surface area contributed by atoms with Crippen LogP contribution in [0.5, 0.6) is 0 Å². The SMILES string of the molecule is COC(OC)[SiH2]C[SiH](C[SiH2]C(OC)OC)C[SiH2]C(OC)OC. The molecule has 0 heterocycles. The Hall–Kier alpha value is 0.628. The zero-order valence-electron chi connectivity index (χ0n) is 15.0. The molecule has 0 N–H and O–H groups in total. The molecule has 134 valence electrons. The van der Waals surface area contributed by atoms with Crippen LogP contribution < -0.4 is 0 Å². The van der Waals surface area contributed by atoms with E-state index in [1.807, 2.05) is 0 Å². The fraction of sp³-hybridized carbons (Fsp3) is 1.00. The number of methoxy groups -OCH3 is 6. The van der Waals surface area contributed by atoms with Crippen LogP contribution in [0, 0.1) is 0 Å². The minimum atomic E-state index is -0.781. The van der Waals surface area contributed by atoms with Crippen LogP contribution in [0.4, 0.5) is 0 Å². The largest absolute Gasteiger partial charge is 0.360 e. The van der Waals surface area contributed by atoms with Gasteiger partial charge in [0.15, 0.2) is 0 Å². The highest BCUT2D eigenvalue weighted by molar-refractivity contribution is 6.81. The summed E-state index contributed by atoms with van der Waals surface area (Å²) in [5, 5.41) is 0. The molecule has 10 heteroatoms. The normalized spacial score (nSPS) is 15.1. The van der Waals surface area contributed by atoms with Crippen LogP contribution in [0.25, 0.3) is 0 Å². The van der Waals surface area contributed by atoms with Crippen molar-refractivity contribution < 1.29 is 28.4 Å². The van der Waals surface area contributed by atoms with E-state index in [1.54, 1.807) is 42.7 Å². The second-order valence-electron chi connectivity index (χ2n) is 5.30. The van der Waals surface area contributed by atoms with Crippen LogP contribution in [0.1, 0.15) is 0 Å². The summed E-state index contributed by atoms with van der Waals surface area (Å²) in [5.41, 5.74) is 4.10. The van der Waals surface area contributed by atoms with Crippen molar-refractivity contribution in [3.63, 3.8) is 0 Å². The van der Waals surface area contributed by atoms with Crippen molar-refractivity contribution in [1.82, 2.24) is 0 Å². The molecule has 0 radical (unpaired) electrons.